The van der Waals surface area contributed by atoms with Crippen LogP contribution < -0.4 is 10.8 Å². The van der Waals surface area contributed by atoms with Crippen LogP contribution in [0.4, 0.5) is 0 Å². The van der Waals surface area contributed by atoms with Gasteiger partial charge in [-0.05, 0) is 29.1 Å². The third-order valence-electron chi connectivity index (χ3n) is 3.22. The fraction of sp³-hybridized carbons (Fsp3) is 0.562. The second-order valence-electron chi connectivity index (χ2n) is 6.69. The highest BCUT2D eigenvalue weighted by molar-refractivity contribution is 9.10. The van der Waals surface area contributed by atoms with Crippen LogP contribution in [-0.4, -0.2) is 46.0 Å². The normalized spacial score (nSPS) is 16.6. The molecule has 2 rings (SSSR count). The number of benzene rings is 1. The summed E-state index contributed by atoms with van der Waals surface area (Å²) >= 11 is 3.44. The average molecular weight is 384 g/mol. The van der Waals surface area contributed by atoms with Crippen molar-refractivity contribution < 1.29 is 18.8 Å². The van der Waals surface area contributed by atoms with E-state index in [-0.39, 0.29) is 11.4 Å². The van der Waals surface area contributed by atoms with Gasteiger partial charge in [0.05, 0.1) is 12.2 Å². The molecule has 1 N–H and O–H groups in total. The van der Waals surface area contributed by atoms with E-state index >= 15 is 0 Å². The van der Waals surface area contributed by atoms with E-state index in [0.29, 0.717) is 30.8 Å². The van der Waals surface area contributed by atoms with Crippen molar-refractivity contribution in [3.63, 3.8) is 0 Å². The van der Waals surface area contributed by atoms with E-state index in [1.54, 1.807) is 6.07 Å². The molecule has 1 aromatic rings. The van der Waals surface area contributed by atoms with Crippen LogP contribution in [0.5, 0.6) is 0 Å². The number of rotatable bonds is 3. The van der Waals surface area contributed by atoms with E-state index in [1.807, 2.05) is 32.9 Å². The zero-order valence-electron chi connectivity index (χ0n) is 13.9. The zero-order valence-corrected chi connectivity index (χ0v) is 15.4. The maximum absolute atomic E-state index is 12.5. The molecule has 0 bridgehead atoms. The smallest absolute Gasteiger partial charge is 0.462 e. The van der Waals surface area contributed by atoms with Crippen molar-refractivity contribution in [2.24, 2.45) is 5.41 Å². The molecular weight excluding hydrogens is 361 g/mol. The van der Waals surface area contributed by atoms with Gasteiger partial charge in [0.2, 0.25) is 0 Å². The van der Waals surface area contributed by atoms with Gasteiger partial charge in [-0.15, -0.1) is 0 Å². The van der Waals surface area contributed by atoms with Gasteiger partial charge >= 0.3 is 13.1 Å². The Hall–Kier alpha value is -0.885. The molecule has 0 radical (unpaired) electrons. The van der Waals surface area contributed by atoms with Gasteiger partial charge in [-0.3, -0.25) is 0 Å². The second kappa shape index (κ2) is 8.28. The summed E-state index contributed by atoms with van der Waals surface area (Å²) in [5.74, 6) is -0.352. The molecule has 0 aliphatic carbocycles. The van der Waals surface area contributed by atoms with E-state index in [4.69, 9.17) is 14.0 Å². The minimum absolute atomic E-state index is 0.0793. The molecule has 1 aromatic carbocycles. The van der Waals surface area contributed by atoms with Crippen LogP contribution in [0, 0.1) is 5.41 Å². The van der Waals surface area contributed by atoms with Gasteiger partial charge in [0.25, 0.3) is 0 Å². The van der Waals surface area contributed by atoms with Crippen molar-refractivity contribution in [1.82, 2.24) is 5.32 Å². The summed E-state index contributed by atoms with van der Waals surface area (Å²) in [7, 11) is -0.563. The largest absolute Gasteiger partial charge is 0.494 e. The molecule has 0 atom stereocenters. The number of ether oxygens (including phenoxy) is 1. The first-order valence-corrected chi connectivity index (χ1v) is 8.57. The van der Waals surface area contributed by atoms with Gasteiger partial charge in [0.1, 0.15) is 0 Å². The molecule has 0 aromatic heterocycles. The Morgan fingerprint density at radius 1 is 1.30 bits per heavy atom. The zero-order chi connectivity index (χ0) is 16.9. The number of esters is 1. The fourth-order valence-electron chi connectivity index (χ4n) is 2.10. The lowest BCUT2D eigenvalue weighted by molar-refractivity contribution is 0.0367. The van der Waals surface area contributed by atoms with Crippen LogP contribution in [0.3, 0.4) is 0 Å². The Morgan fingerprint density at radius 2 is 1.96 bits per heavy atom. The fourth-order valence-corrected chi connectivity index (χ4v) is 2.48. The van der Waals surface area contributed by atoms with E-state index < -0.39 is 7.12 Å². The van der Waals surface area contributed by atoms with Crippen molar-refractivity contribution in [1.29, 1.82) is 0 Å². The minimum atomic E-state index is -0.563. The molecule has 0 amide bonds. The third kappa shape index (κ3) is 5.92. The van der Waals surface area contributed by atoms with E-state index in [2.05, 4.69) is 21.2 Å². The maximum atomic E-state index is 12.5. The van der Waals surface area contributed by atoms with E-state index in [9.17, 15) is 4.79 Å². The number of hydrogen-bond acceptors (Lipinski definition) is 5. The Kier molecular flexibility index (Phi) is 6.65. The summed E-state index contributed by atoms with van der Waals surface area (Å²) in [5.41, 5.74) is 1.10. The quantitative estimate of drug-likeness (QED) is 0.638. The van der Waals surface area contributed by atoms with Gasteiger partial charge in [-0.1, -0.05) is 36.7 Å². The standard InChI is InChI=1S/C16H23BBrNO4/c1-16(2,3)11-21-15(20)13-5-4-12(18)10-14(13)17-22-8-6-19-7-9-23-17/h4-5,10,19H,6-9,11H2,1-3H3. The molecule has 5 nitrogen and oxygen atoms in total. The molecule has 23 heavy (non-hydrogen) atoms. The molecule has 7 heteroatoms. The molecule has 1 saturated heterocycles. The molecule has 1 heterocycles. The van der Waals surface area contributed by atoms with Gasteiger partial charge in [-0.2, -0.15) is 0 Å². The lowest BCUT2D eigenvalue weighted by atomic mass is 9.75. The summed E-state index contributed by atoms with van der Waals surface area (Å²) in [6.07, 6.45) is 0. The molecular formula is C16H23BBrNO4. The van der Waals surface area contributed by atoms with Gasteiger partial charge in [0.15, 0.2) is 0 Å². The van der Waals surface area contributed by atoms with Crippen molar-refractivity contribution in [2.75, 3.05) is 32.9 Å². The number of carbonyl (C=O) groups is 1. The Morgan fingerprint density at radius 3 is 2.57 bits per heavy atom. The molecule has 126 valence electrons. The molecule has 0 saturated carbocycles. The van der Waals surface area contributed by atoms with Gasteiger partial charge in [0, 0.05) is 30.8 Å². The molecule has 1 aliphatic heterocycles. The van der Waals surface area contributed by atoms with Crippen LogP contribution >= 0.6 is 15.9 Å². The summed E-state index contributed by atoms with van der Waals surface area (Å²) in [4.78, 5) is 12.5. The van der Waals surface area contributed by atoms with Gasteiger partial charge in [-0.25, -0.2) is 4.79 Å². The minimum Gasteiger partial charge on any atom is -0.462 e. The number of hydrogen-bond donors (Lipinski definition) is 1. The topological polar surface area (TPSA) is 56.8 Å². The van der Waals surface area contributed by atoms with Crippen LogP contribution in [0.1, 0.15) is 31.1 Å². The van der Waals surface area contributed by atoms with Crippen molar-refractivity contribution >= 4 is 34.5 Å². The summed E-state index contributed by atoms with van der Waals surface area (Å²) < 4.78 is 17.8. The molecule has 1 fully saturated rings. The average Bonchev–Trinajstić information content (AvgIpc) is 2.43. The summed E-state index contributed by atoms with van der Waals surface area (Å²) in [6.45, 7) is 9.00. The van der Waals surface area contributed by atoms with E-state index in [1.165, 1.54) is 0 Å². The monoisotopic (exact) mass is 383 g/mol. The number of carbonyl (C=O) groups excluding carboxylic acids is 1. The van der Waals surface area contributed by atoms with Crippen LogP contribution in [-0.2, 0) is 14.0 Å². The van der Waals surface area contributed by atoms with E-state index in [0.717, 1.165) is 17.6 Å². The van der Waals surface area contributed by atoms with Crippen molar-refractivity contribution in [3.05, 3.63) is 28.2 Å². The van der Waals surface area contributed by atoms with Crippen molar-refractivity contribution in [2.45, 2.75) is 20.8 Å². The second-order valence-corrected chi connectivity index (χ2v) is 7.61. The van der Waals surface area contributed by atoms with Crippen LogP contribution in [0.2, 0.25) is 0 Å². The van der Waals surface area contributed by atoms with Crippen LogP contribution in [0.25, 0.3) is 0 Å². The number of halogens is 1. The predicted molar refractivity (Wildman–Crippen MR) is 94.0 cm³/mol. The highest BCUT2D eigenvalue weighted by atomic mass is 79.9. The highest BCUT2D eigenvalue weighted by Gasteiger charge is 2.29. The molecule has 0 unspecified atom stereocenters. The summed E-state index contributed by atoms with van der Waals surface area (Å²) in [5, 5.41) is 3.19. The van der Waals surface area contributed by atoms with Crippen molar-refractivity contribution in [3.8, 4) is 0 Å². The predicted octanol–water partition coefficient (Wildman–Crippen LogP) is 1.98. The van der Waals surface area contributed by atoms with Crippen LogP contribution in [0.15, 0.2) is 22.7 Å². The third-order valence-corrected chi connectivity index (χ3v) is 3.71. The van der Waals surface area contributed by atoms with Gasteiger partial charge < -0.3 is 19.4 Å². The lowest BCUT2D eigenvalue weighted by Crippen LogP contribution is -2.45. The molecule has 0 spiro atoms. The first-order valence-electron chi connectivity index (χ1n) is 7.77. The Labute approximate surface area is 146 Å². The Bertz CT molecular complexity index is 539. The first kappa shape index (κ1) is 18.5. The Balaban J connectivity index is 2.20. The summed E-state index contributed by atoms with van der Waals surface area (Å²) in [6, 6.07) is 5.42. The first-order chi connectivity index (χ1) is 10.9. The highest BCUT2D eigenvalue weighted by Crippen LogP contribution is 2.16. The molecule has 1 aliphatic rings. The maximum Gasteiger partial charge on any atom is 0.494 e. The number of nitrogens with one attached hydrogen (secondary N) is 1. The SMILES string of the molecule is CC(C)(C)COC(=O)c1ccc(Br)cc1B1OCCNCCO1. The lowest BCUT2D eigenvalue weighted by Gasteiger charge is -2.22.